The van der Waals surface area contributed by atoms with Crippen LogP contribution in [0.25, 0.3) is 0 Å². The summed E-state index contributed by atoms with van der Waals surface area (Å²) in [5.41, 5.74) is 6.40. The van der Waals surface area contributed by atoms with Crippen LogP contribution in [0, 0.1) is 0 Å². The first-order chi connectivity index (χ1) is 9.99. The molecule has 0 radical (unpaired) electrons. The summed E-state index contributed by atoms with van der Waals surface area (Å²) in [6.45, 7) is 0. The van der Waals surface area contributed by atoms with Crippen molar-refractivity contribution < 1.29 is 19.8 Å². The van der Waals surface area contributed by atoms with Crippen molar-refractivity contribution in [2.24, 2.45) is 5.73 Å². The van der Waals surface area contributed by atoms with E-state index in [1.165, 1.54) is 18.2 Å². The Bertz CT molecular complexity index is 671. The molecule has 0 bridgehead atoms. The van der Waals surface area contributed by atoms with Gasteiger partial charge in [-0.15, -0.1) is 0 Å². The minimum absolute atomic E-state index is 0.00582. The van der Waals surface area contributed by atoms with E-state index in [0.29, 0.717) is 5.56 Å². The molecule has 1 atom stereocenters. The van der Waals surface area contributed by atoms with Gasteiger partial charge in [-0.1, -0.05) is 30.3 Å². The highest BCUT2D eigenvalue weighted by molar-refractivity contribution is 5.98. The van der Waals surface area contributed by atoms with E-state index in [1.54, 1.807) is 30.3 Å². The first-order valence-corrected chi connectivity index (χ1v) is 6.16. The number of carboxylic acids is 1. The summed E-state index contributed by atoms with van der Waals surface area (Å²) in [5, 5.41) is 21.0. The van der Waals surface area contributed by atoms with Crippen LogP contribution in [0.15, 0.2) is 48.5 Å². The summed E-state index contributed by atoms with van der Waals surface area (Å²) in [5.74, 6) is -1.93. The maximum atomic E-state index is 12.1. The van der Waals surface area contributed by atoms with E-state index in [1.807, 2.05) is 0 Å². The van der Waals surface area contributed by atoms with Crippen LogP contribution in [0.5, 0.6) is 5.75 Å². The Morgan fingerprint density at radius 3 is 2.38 bits per heavy atom. The van der Waals surface area contributed by atoms with Crippen molar-refractivity contribution >= 4 is 17.6 Å². The number of carbonyl (C=O) groups excluding carboxylic acids is 1. The zero-order valence-electron chi connectivity index (χ0n) is 11.0. The molecule has 0 aliphatic heterocycles. The number of aromatic carboxylic acids is 1. The van der Waals surface area contributed by atoms with E-state index in [9.17, 15) is 14.7 Å². The third kappa shape index (κ3) is 3.37. The minimum Gasteiger partial charge on any atom is -0.506 e. The number of carboxylic acid groups (broad SMARTS) is 1. The van der Waals surface area contributed by atoms with Gasteiger partial charge in [-0.2, -0.15) is 0 Å². The van der Waals surface area contributed by atoms with Gasteiger partial charge in [0.1, 0.15) is 11.8 Å². The van der Waals surface area contributed by atoms with Crippen LogP contribution in [0.3, 0.4) is 0 Å². The molecule has 6 nitrogen and oxygen atoms in total. The number of aromatic hydroxyl groups is 1. The monoisotopic (exact) mass is 286 g/mol. The van der Waals surface area contributed by atoms with Crippen LogP contribution in [0.4, 0.5) is 5.69 Å². The van der Waals surface area contributed by atoms with Crippen LogP contribution >= 0.6 is 0 Å². The molecule has 6 heteroatoms. The Balaban J connectivity index is 2.20. The molecule has 0 heterocycles. The molecule has 0 fully saturated rings. The Kier molecular flexibility index (Phi) is 4.20. The number of rotatable bonds is 4. The Labute approximate surface area is 120 Å². The molecule has 2 rings (SSSR count). The van der Waals surface area contributed by atoms with Gasteiger partial charge in [-0.05, 0) is 23.8 Å². The van der Waals surface area contributed by atoms with E-state index < -0.39 is 17.9 Å². The Morgan fingerprint density at radius 2 is 1.76 bits per heavy atom. The van der Waals surface area contributed by atoms with E-state index in [4.69, 9.17) is 10.8 Å². The molecule has 1 amide bonds. The molecule has 5 N–H and O–H groups in total. The number of benzene rings is 2. The molecule has 108 valence electrons. The summed E-state index contributed by atoms with van der Waals surface area (Å²) >= 11 is 0. The van der Waals surface area contributed by atoms with Gasteiger partial charge < -0.3 is 21.3 Å². The number of hydrogen-bond acceptors (Lipinski definition) is 4. The average molecular weight is 286 g/mol. The van der Waals surface area contributed by atoms with Crippen molar-refractivity contribution in [2.75, 3.05) is 5.32 Å². The van der Waals surface area contributed by atoms with Crippen LogP contribution in [0.1, 0.15) is 22.0 Å². The van der Waals surface area contributed by atoms with Crippen molar-refractivity contribution in [3.63, 3.8) is 0 Å². The fourth-order valence-electron chi connectivity index (χ4n) is 1.79. The summed E-state index contributed by atoms with van der Waals surface area (Å²) < 4.78 is 0. The van der Waals surface area contributed by atoms with Gasteiger partial charge in [0.25, 0.3) is 0 Å². The summed E-state index contributed by atoms with van der Waals surface area (Å²) in [4.78, 5) is 22.9. The molecule has 21 heavy (non-hydrogen) atoms. The maximum absolute atomic E-state index is 12.1. The van der Waals surface area contributed by atoms with Crippen molar-refractivity contribution in [1.82, 2.24) is 0 Å². The number of amides is 1. The van der Waals surface area contributed by atoms with Crippen LogP contribution < -0.4 is 11.1 Å². The summed E-state index contributed by atoms with van der Waals surface area (Å²) in [7, 11) is 0. The lowest BCUT2D eigenvalue weighted by Crippen LogP contribution is -2.27. The molecule has 0 saturated heterocycles. The largest absolute Gasteiger partial charge is 0.506 e. The highest BCUT2D eigenvalue weighted by Crippen LogP contribution is 2.25. The van der Waals surface area contributed by atoms with Gasteiger partial charge in [0, 0.05) is 0 Å². The van der Waals surface area contributed by atoms with Gasteiger partial charge in [0.2, 0.25) is 5.91 Å². The lowest BCUT2D eigenvalue weighted by molar-refractivity contribution is -0.117. The number of carbonyl (C=O) groups is 2. The van der Waals surface area contributed by atoms with Crippen LogP contribution in [-0.2, 0) is 4.79 Å². The fourth-order valence-corrected chi connectivity index (χ4v) is 1.79. The van der Waals surface area contributed by atoms with Gasteiger partial charge >= 0.3 is 5.97 Å². The number of hydrogen-bond donors (Lipinski definition) is 4. The molecule has 2 aromatic rings. The van der Waals surface area contributed by atoms with E-state index in [-0.39, 0.29) is 17.0 Å². The molecular weight excluding hydrogens is 272 g/mol. The molecule has 0 saturated carbocycles. The number of phenolic OH excluding ortho intramolecular Hbond substituents is 1. The van der Waals surface area contributed by atoms with Crippen molar-refractivity contribution in [3.05, 3.63) is 59.7 Å². The number of anilines is 1. The SMILES string of the molecule is N[C@@H](C(=O)Nc1cc(C(=O)O)ccc1O)c1ccccc1. The predicted molar refractivity (Wildman–Crippen MR) is 77.1 cm³/mol. The molecular formula is C15H14N2O4. The molecule has 0 unspecified atom stereocenters. The Morgan fingerprint density at radius 1 is 1.10 bits per heavy atom. The van der Waals surface area contributed by atoms with E-state index >= 15 is 0 Å². The van der Waals surface area contributed by atoms with Crippen LogP contribution in [-0.4, -0.2) is 22.1 Å². The standard InChI is InChI=1S/C15H14N2O4/c16-13(9-4-2-1-3-5-9)14(19)17-11-8-10(15(20)21)6-7-12(11)18/h1-8,13,18H,16H2,(H,17,19)(H,20,21)/t13-/m1/s1. The zero-order valence-corrected chi connectivity index (χ0v) is 11.0. The molecule has 0 aliphatic carbocycles. The topological polar surface area (TPSA) is 113 Å². The Hall–Kier alpha value is -2.86. The van der Waals surface area contributed by atoms with Crippen molar-refractivity contribution in [1.29, 1.82) is 0 Å². The van der Waals surface area contributed by atoms with Gasteiger partial charge in [0.15, 0.2) is 0 Å². The average Bonchev–Trinajstić information content (AvgIpc) is 2.49. The third-order valence-corrected chi connectivity index (χ3v) is 2.94. The normalized spacial score (nSPS) is 11.7. The quantitative estimate of drug-likeness (QED) is 0.639. The molecule has 0 spiro atoms. The first-order valence-electron chi connectivity index (χ1n) is 6.16. The predicted octanol–water partition coefficient (Wildman–Crippen LogP) is 1.73. The molecule has 2 aromatic carbocycles. The number of nitrogens with one attached hydrogen (secondary N) is 1. The van der Waals surface area contributed by atoms with Gasteiger partial charge in [-0.3, -0.25) is 4.79 Å². The number of nitrogens with two attached hydrogens (primary N) is 1. The van der Waals surface area contributed by atoms with Gasteiger partial charge in [0.05, 0.1) is 11.3 Å². The smallest absolute Gasteiger partial charge is 0.335 e. The maximum Gasteiger partial charge on any atom is 0.335 e. The van der Waals surface area contributed by atoms with Gasteiger partial charge in [-0.25, -0.2) is 4.79 Å². The molecule has 0 aromatic heterocycles. The second-order valence-corrected chi connectivity index (χ2v) is 4.41. The van der Waals surface area contributed by atoms with Crippen molar-refractivity contribution in [2.45, 2.75) is 6.04 Å². The van der Waals surface area contributed by atoms with Crippen molar-refractivity contribution in [3.8, 4) is 5.75 Å². The van der Waals surface area contributed by atoms with E-state index in [2.05, 4.69) is 5.32 Å². The summed E-state index contributed by atoms with van der Waals surface area (Å²) in [6, 6.07) is 11.4. The van der Waals surface area contributed by atoms with E-state index in [0.717, 1.165) is 0 Å². The lowest BCUT2D eigenvalue weighted by atomic mass is 10.1. The zero-order chi connectivity index (χ0) is 15.4. The number of phenols is 1. The van der Waals surface area contributed by atoms with Crippen LogP contribution in [0.2, 0.25) is 0 Å². The second kappa shape index (κ2) is 6.06. The minimum atomic E-state index is -1.15. The molecule has 0 aliphatic rings. The highest BCUT2D eigenvalue weighted by atomic mass is 16.4. The second-order valence-electron chi connectivity index (χ2n) is 4.41. The third-order valence-electron chi connectivity index (χ3n) is 2.94. The fraction of sp³-hybridized carbons (Fsp3) is 0.0667. The summed E-state index contributed by atoms with van der Waals surface area (Å²) in [6.07, 6.45) is 0. The lowest BCUT2D eigenvalue weighted by Gasteiger charge is -2.13. The highest BCUT2D eigenvalue weighted by Gasteiger charge is 2.17. The first kappa shape index (κ1) is 14.5.